The average Bonchev–Trinajstić information content (AvgIpc) is 3.14. The van der Waals surface area contributed by atoms with E-state index in [1.807, 2.05) is 63.2 Å². The van der Waals surface area contributed by atoms with Gasteiger partial charge in [-0.2, -0.15) is 0 Å². The van der Waals surface area contributed by atoms with Crippen LogP contribution in [-0.2, 0) is 25.5 Å². The fraction of sp³-hybridized carbons (Fsp3) is 0.500. The summed E-state index contributed by atoms with van der Waals surface area (Å²) >= 11 is 0. The van der Waals surface area contributed by atoms with Crippen LogP contribution >= 0.6 is 0 Å². The lowest BCUT2D eigenvalue weighted by molar-refractivity contribution is -0.167. The summed E-state index contributed by atoms with van der Waals surface area (Å²) in [6.45, 7) is 6.94. The second-order valence-corrected chi connectivity index (χ2v) is 10.1. The molecule has 2 amide bonds. The van der Waals surface area contributed by atoms with Crippen LogP contribution < -0.4 is 5.32 Å². The summed E-state index contributed by atoms with van der Waals surface area (Å²) in [6, 6.07) is 13.5. The van der Waals surface area contributed by atoms with E-state index in [-0.39, 0.29) is 23.8 Å². The van der Waals surface area contributed by atoms with Crippen LogP contribution in [-0.4, -0.2) is 45.9 Å². The Morgan fingerprint density at radius 1 is 1.09 bits per heavy atom. The Balaban J connectivity index is 1.70. The highest BCUT2D eigenvalue weighted by Gasteiger charge is 2.54. The predicted molar refractivity (Wildman–Crippen MR) is 123 cm³/mol. The molecule has 6 nitrogen and oxygen atoms in total. The van der Waals surface area contributed by atoms with Crippen LogP contribution in [0.3, 0.4) is 0 Å². The highest BCUT2D eigenvalue weighted by Crippen LogP contribution is 2.39. The SMILES string of the molecule is CC(=O)N[C@@]1(Cc2cccc3ccccc23)CC[C@H]2CC[C@@H](C(=O)OC(C)(C)C)N2C1=O. The molecular weight excluding hydrogens is 404 g/mol. The largest absolute Gasteiger partial charge is 0.458 e. The van der Waals surface area contributed by atoms with Gasteiger partial charge in [-0.05, 0) is 62.8 Å². The molecule has 32 heavy (non-hydrogen) atoms. The lowest BCUT2D eigenvalue weighted by Gasteiger charge is -2.45. The van der Waals surface area contributed by atoms with Gasteiger partial charge in [0.25, 0.3) is 0 Å². The molecule has 0 saturated carbocycles. The van der Waals surface area contributed by atoms with Crippen molar-refractivity contribution in [1.29, 1.82) is 0 Å². The molecule has 0 bridgehead atoms. The summed E-state index contributed by atoms with van der Waals surface area (Å²) in [6.07, 6.45) is 3.06. The summed E-state index contributed by atoms with van der Waals surface area (Å²) in [5.41, 5.74) is -0.681. The zero-order valence-electron chi connectivity index (χ0n) is 19.3. The third kappa shape index (κ3) is 4.23. The van der Waals surface area contributed by atoms with Crippen molar-refractivity contribution < 1.29 is 19.1 Å². The van der Waals surface area contributed by atoms with Crippen LogP contribution in [0.25, 0.3) is 10.8 Å². The molecule has 2 aliphatic heterocycles. The maximum Gasteiger partial charge on any atom is 0.329 e. The van der Waals surface area contributed by atoms with Gasteiger partial charge < -0.3 is 15.0 Å². The normalized spacial score (nSPS) is 25.5. The quantitative estimate of drug-likeness (QED) is 0.741. The molecule has 2 fully saturated rings. The molecule has 0 spiro atoms. The number of piperidine rings is 1. The summed E-state index contributed by atoms with van der Waals surface area (Å²) in [7, 11) is 0. The molecule has 0 radical (unpaired) electrons. The first kappa shape index (κ1) is 22.3. The van der Waals surface area contributed by atoms with Gasteiger partial charge in [0.15, 0.2) is 0 Å². The van der Waals surface area contributed by atoms with Crippen molar-refractivity contribution in [2.45, 2.75) is 83.0 Å². The van der Waals surface area contributed by atoms with Crippen molar-refractivity contribution >= 4 is 28.6 Å². The minimum absolute atomic E-state index is 0.00872. The Labute approximate surface area is 189 Å². The van der Waals surface area contributed by atoms with E-state index in [4.69, 9.17) is 4.74 Å². The standard InChI is InChI=1S/C26H32N2O4/c1-17(29)27-26(16-19-10-7-9-18-8-5-6-11-21(18)19)15-14-20-12-13-22(28(20)24(26)31)23(30)32-25(2,3)4/h5-11,20,22H,12-16H2,1-4H3,(H,27,29)/t20-,22+,26-/m1/s1. The Bertz CT molecular complexity index is 1050. The van der Waals surface area contributed by atoms with Gasteiger partial charge in [-0.25, -0.2) is 4.79 Å². The first-order valence-electron chi connectivity index (χ1n) is 11.4. The summed E-state index contributed by atoms with van der Waals surface area (Å²) in [5, 5.41) is 5.16. The van der Waals surface area contributed by atoms with E-state index in [0.717, 1.165) is 29.2 Å². The number of esters is 1. The van der Waals surface area contributed by atoms with Gasteiger partial charge in [-0.1, -0.05) is 42.5 Å². The fourth-order valence-electron chi connectivity index (χ4n) is 5.27. The van der Waals surface area contributed by atoms with Gasteiger partial charge in [-0.15, -0.1) is 0 Å². The maximum atomic E-state index is 14.0. The first-order valence-corrected chi connectivity index (χ1v) is 11.4. The molecule has 2 aliphatic rings. The van der Waals surface area contributed by atoms with Gasteiger partial charge in [0.1, 0.15) is 17.2 Å². The molecular formula is C26H32N2O4. The third-order valence-corrected chi connectivity index (χ3v) is 6.52. The van der Waals surface area contributed by atoms with Gasteiger partial charge in [0, 0.05) is 19.4 Å². The van der Waals surface area contributed by atoms with E-state index in [1.54, 1.807) is 4.90 Å². The average molecular weight is 437 g/mol. The molecule has 0 unspecified atom stereocenters. The molecule has 2 saturated heterocycles. The van der Waals surface area contributed by atoms with Crippen molar-refractivity contribution in [2.24, 2.45) is 0 Å². The Morgan fingerprint density at radius 2 is 1.81 bits per heavy atom. The molecule has 0 aromatic heterocycles. The van der Waals surface area contributed by atoms with Crippen molar-refractivity contribution in [3.05, 3.63) is 48.0 Å². The minimum atomic E-state index is -1.07. The Hall–Kier alpha value is -2.89. The maximum absolute atomic E-state index is 14.0. The highest BCUT2D eigenvalue weighted by molar-refractivity contribution is 5.96. The van der Waals surface area contributed by atoms with E-state index >= 15 is 0 Å². The summed E-state index contributed by atoms with van der Waals surface area (Å²) < 4.78 is 5.62. The summed E-state index contributed by atoms with van der Waals surface area (Å²) in [5.74, 6) is -0.785. The van der Waals surface area contributed by atoms with Crippen LogP contribution in [0, 0.1) is 0 Å². The molecule has 3 atom stereocenters. The molecule has 2 aromatic rings. The van der Waals surface area contributed by atoms with Crippen LogP contribution in [0.2, 0.25) is 0 Å². The van der Waals surface area contributed by atoms with E-state index in [9.17, 15) is 14.4 Å². The van der Waals surface area contributed by atoms with E-state index in [2.05, 4.69) is 5.32 Å². The Morgan fingerprint density at radius 3 is 2.53 bits per heavy atom. The number of benzene rings is 2. The number of amides is 2. The van der Waals surface area contributed by atoms with Crippen LogP contribution in [0.5, 0.6) is 0 Å². The van der Waals surface area contributed by atoms with E-state index in [1.165, 1.54) is 6.92 Å². The number of rotatable bonds is 4. The Kier molecular flexibility index (Phi) is 5.74. The van der Waals surface area contributed by atoms with Crippen molar-refractivity contribution in [1.82, 2.24) is 10.2 Å². The molecule has 2 heterocycles. The number of carbonyl (C=O) groups is 3. The third-order valence-electron chi connectivity index (χ3n) is 6.52. The van der Waals surface area contributed by atoms with Gasteiger partial charge in [-0.3, -0.25) is 9.59 Å². The van der Waals surface area contributed by atoms with Crippen molar-refractivity contribution in [3.63, 3.8) is 0 Å². The van der Waals surface area contributed by atoms with Crippen LogP contribution in [0.4, 0.5) is 0 Å². The predicted octanol–water partition coefficient (Wildman–Crippen LogP) is 3.75. The van der Waals surface area contributed by atoms with Gasteiger partial charge in [0.05, 0.1) is 0 Å². The van der Waals surface area contributed by atoms with Gasteiger partial charge in [0.2, 0.25) is 11.8 Å². The van der Waals surface area contributed by atoms with E-state index < -0.39 is 17.2 Å². The molecule has 1 N–H and O–H groups in total. The number of carbonyl (C=O) groups excluding carboxylic acids is 3. The zero-order valence-corrected chi connectivity index (χ0v) is 19.3. The molecule has 2 aromatic carbocycles. The van der Waals surface area contributed by atoms with Crippen LogP contribution in [0.1, 0.15) is 58.9 Å². The second kappa shape index (κ2) is 8.23. The molecule has 4 rings (SSSR count). The monoisotopic (exact) mass is 436 g/mol. The number of hydrogen-bond acceptors (Lipinski definition) is 4. The summed E-state index contributed by atoms with van der Waals surface area (Å²) in [4.78, 5) is 40.9. The highest BCUT2D eigenvalue weighted by atomic mass is 16.6. The second-order valence-electron chi connectivity index (χ2n) is 10.1. The number of hydrogen-bond donors (Lipinski definition) is 1. The fourth-order valence-corrected chi connectivity index (χ4v) is 5.27. The smallest absolute Gasteiger partial charge is 0.329 e. The van der Waals surface area contributed by atoms with Crippen molar-refractivity contribution in [3.8, 4) is 0 Å². The van der Waals surface area contributed by atoms with Crippen LogP contribution in [0.15, 0.2) is 42.5 Å². The molecule has 6 heteroatoms. The zero-order chi connectivity index (χ0) is 23.1. The minimum Gasteiger partial charge on any atom is -0.458 e. The number of nitrogens with one attached hydrogen (secondary N) is 1. The molecule has 0 aliphatic carbocycles. The molecule has 170 valence electrons. The topological polar surface area (TPSA) is 75.7 Å². The van der Waals surface area contributed by atoms with Gasteiger partial charge >= 0.3 is 5.97 Å². The number of ether oxygens (including phenoxy) is 1. The number of nitrogens with zero attached hydrogens (tertiary/aromatic N) is 1. The first-order chi connectivity index (χ1) is 15.1. The van der Waals surface area contributed by atoms with Crippen molar-refractivity contribution in [2.75, 3.05) is 0 Å². The lowest BCUT2D eigenvalue weighted by Crippen LogP contribution is -2.66. The lowest BCUT2D eigenvalue weighted by atomic mass is 9.79. The number of fused-ring (bicyclic) bond motifs is 2. The van der Waals surface area contributed by atoms with E-state index in [0.29, 0.717) is 19.3 Å².